The van der Waals surface area contributed by atoms with E-state index in [4.69, 9.17) is 0 Å². The fraction of sp³-hybridized carbons (Fsp3) is 0.214. The van der Waals surface area contributed by atoms with Crippen LogP contribution in [0.25, 0.3) is 0 Å². The highest BCUT2D eigenvalue weighted by Gasteiger charge is 2.24. The van der Waals surface area contributed by atoms with Gasteiger partial charge in [-0.3, -0.25) is 14.3 Å². The molecule has 0 radical (unpaired) electrons. The summed E-state index contributed by atoms with van der Waals surface area (Å²) in [4.78, 5) is 24.0. The van der Waals surface area contributed by atoms with E-state index in [1.165, 1.54) is 22.9 Å². The van der Waals surface area contributed by atoms with Crippen molar-refractivity contribution in [2.75, 3.05) is 5.32 Å². The van der Waals surface area contributed by atoms with Gasteiger partial charge in [-0.05, 0) is 26.0 Å². The van der Waals surface area contributed by atoms with Crippen LogP contribution in [0.5, 0.6) is 0 Å². The number of nitrogens with one attached hydrogen (secondary N) is 1. The summed E-state index contributed by atoms with van der Waals surface area (Å²) in [5.41, 5.74) is 1.29. The Hall–Kier alpha value is -2.50. The quantitative estimate of drug-likeness (QED) is 0.688. The normalized spacial score (nSPS) is 10.4. The molecule has 1 amide bonds. The zero-order valence-corrected chi connectivity index (χ0v) is 11.4. The molecule has 1 aromatic heterocycles. The van der Waals surface area contributed by atoms with E-state index in [9.17, 15) is 14.0 Å². The van der Waals surface area contributed by atoms with Crippen LogP contribution in [-0.2, 0) is 11.8 Å². The Morgan fingerprint density at radius 2 is 1.90 bits per heavy atom. The molecule has 0 saturated carbocycles. The zero-order valence-electron chi connectivity index (χ0n) is 11.4. The average molecular weight is 275 g/mol. The van der Waals surface area contributed by atoms with Gasteiger partial charge in [-0.1, -0.05) is 12.1 Å². The van der Waals surface area contributed by atoms with Gasteiger partial charge in [0.1, 0.15) is 5.82 Å². The number of carbonyl (C=O) groups excluding carboxylic acids is 2. The fourth-order valence-corrected chi connectivity index (χ4v) is 1.96. The topological polar surface area (TPSA) is 64.0 Å². The number of amides is 1. The van der Waals surface area contributed by atoms with Crippen LogP contribution >= 0.6 is 0 Å². The first kappa shape index (κ1) is 13.9. The van der Waals surface area contributed by atoms with Gasteiger partial charge in [0.05, 0.1) is 16.9 Å². The number of aryl methyl sites for hydroxylation is 2. The summed E-state index contributed by atoms with van der Waals surface area (Å²) in [6.07, 6.45) is 0. The molecule has 6 heteroatoms. The number of rotatable bonds is 3. The predicted molar refractivity (Wildman–Crippen MR) is 72.0 cm³/mol. The smallest absolute Gasteiger partial charge is 0.296 e. The molecule has 0 fully saturated rings. The monoisotopic (exact) mass is 275 g/mol. The Kier molecular flexibility index (Phi) is 3.65. The summed E-state index contributed by atoms with van der Waals surface area (Å²) < 4.78 is 15.0. The third-order valence-electron chi connectivity index (χ3n) is 3.06. The highest BCUT2D eigenvalue weighted by Crippen LogP contribution is 2.16. The first-order valence-electron chi connectivity index (χ1n) is 6.02. The number of nitrogens with zero attached hydrogens (tertiary/aromatic N) is 2. The summed E-state index contributed by atoms with van der Waals surface area (Å²) >= 11 is 0. The molecule has 0 bridgehead atoms. The lowest BCUT2D eigenvalue weighted by atomic mass is 10.1. The second-order valence-electron chi connectivity index (χ2n) is 4.43. The molecule has 0 atom stereocenters. The maximum Gasteiger partial charge on any atom is 0.296 e. The van der Waals surface area contributed by atoms with Crippen LogP contribution in [0.3, 0.4) is 0 Å². The van der Waals surface area contributed by atoms with Crippen molar-refractivity contribution in [2.24, 2.45) is 7.05 Å². The average Bonchev–Trinajstić information content (AvgIpc) is 2.65. The number of Topliss-reactive ketones (excluding diaryl/α,β-unsaturated/α-hetero) is 1. The van der Waals surface area contributed by atoms with Crippen LogP contribution in [0.4, 0.5) is 10.1 Å². The van der Waals surface area contributed by atoms with Crippen LogP contribution in [0.15, 0.2) is 24.3 Å². The van der Waals surface area contributed by atoms with E-state index < -0.39 is 17.5 Å². The van der Waals surface area contributed by atoms with Gasteiger partial charge >= 0.3 is 0 Å². The number of carbonyl (C=O) groups is 2. The van der Waals surface area contributed by atoms with E-state index in [1.54, 1.807) is 27.0 Å². The number of ketones is 1. The van der Waals surface area contributed by atoms with Crippen molar-refractivity contribution in [3.63, 3.8) is 0 Å². The summed E-state index contributed by atoms with van der Waals surface area (Å²) in [5.74, 6) is -2.20. The van der Waals surface area contributed by atoms with Crippen LogP contribution in [-0.4, -0.2) is 21.5 Å². The van der Waals surface area contributed by atoms with E-state index in [1.807, 2.05) is 0 Å². The third kappa shape index (κ3) is 2.45. The first-order valence-corrected chi connectivity index (χ1v) is 6.02. The van der Waals surface area contributed by atoms with Crippen LogP contribution in [0.2, 0.25) is 0 Å². The summed E-state index contributed by atoms with van der Waals surface area (Å²) in [6.45, 7) is 3.35. The van der Waals surface area contributed by atoms with Crippen molar-refractivity contribution in [3.05, 3.63) is 47.0 Å². The molecular formula is C14H14FN3O2. The number of para-hydroxylation sites is 1. The Labute approximate surface area is 115 Å². The van der Waals surface area contributed by atoms with E-state index in [0.717, 1.165) is 0 Å². The van der Waals surface area contributed by atoms with E-state index in [0.29, 0.717) is 11.4 Å². The van der Waals surface area contributed by atoms with Gasteiger partial charge in [-0.15, -0.1) is 0 Å². The number of halogens is 1. The number of hydrogen-bond donors (Lipinski definition) is 1. The molecule has 104 valence electrons. The van der Waals surface area contributed by atoms with Crippen LogP contribution in [0.1, 0.15) is 21.7 Å². The number of aromatic nitrogens is 2. The van der Waals surface area contributed by atoms with Crippen molar-refractivity contribution >= 4 is 17.4 Å². The molecule has 0 saturated heterocycles. The van der Waals surface area contributed by atoms with Crippen LogP contribution in [0, 0.1) is 19.7 Å². The van der Waals surface area contributed by atoms with Crippen LogP contribution < -0.4 is 5.32 Å². The molecule has 20 heavy (non-hydrogen) atoms. The lowest BCUT2D eigenvalue weighted by Crippen LogP contribution is -2.24. The lowest BCUT2D eigenvalue weighted by Gasteiger charge is -2.05. The zero-order chi connectivity index (χ0) is 14.9. The maximum atomic E-state index is 13.4. The largest absolute Gasteiger partial charge is 0.317 e. The molecule has 0 spiro atoms. The Bertz CT molecular complexity index is 692. The highest BCUT2D eigenvalue weighted by atomic mass is 19.1. The van der Waals surface area contributed by atoms with E-state index in [2.05, 4.69) is 10.4 Å². The highest BCUT2D eigenvalue weighted by molar-refractivity contribution is 6.47. The molecule has 1 aromatic carbocycles. The van der Waals surface area contributed by atoms with E-state index >= 15 is 0 Å². The minimum absolute atomic E-state index is 0.0231. The summed E-state index contributed by atoms with van der Waals surface area (Å²) in [7, 11) is 1.69. The van der Waals surface area contributed by atoms with Crippen molar-refractivity contribution < 1.29 is 14.0 Å². The van der Waals surface area contributed by atoms with Crippen molar-refractivity contribution in [3.8, 4) is 0 Å². The van der Waals surface area contributed by atoms with Gasteiger partial charge in [0, 0.05) is 12.7 Å². The molecule has 0 aliphatic carbocycles. The fourth-order valence-electron chi connectivity index (χ4n) is 1.96. The minimum Gasteiger partial charge on any atom is -0.317 e. The van der Waals surface area contributed by atoms with Crippen molar-refractivity contribution in [1.29, 1.82) is 0 Å². The second-order valence-corrected chi connectivity index (χ2v) is 4.43. The van der Waals surface area contributed by atoms with Gasteiger partial charge in [0.2, 0.25) is 0 Å². The van der Waals surface area contributed by atoms with Gasteiger partial charge in [0.15, 0.2) is 0 Å². The molecule has 2 aromatic rings. The molecule has 0 aliphatic heterocycles. The number of hydrogen-bond acceptors (Lipinski definition) is 3. The van der Waals surface area contributed by atoms with Crippen molar-refractivity contribution in [1.82, 2.24) is 9.78 Å². The SMILES string of the molecule is Cc1nn(C)c(C)c1C(=O)C(=O)Nc1ccccc1F. The van der Waals surface area contributed by atoms with Gasteiger partial charge in [-0.2, -0.15) is 5.10 Å². The third-order valence-corrected chi connectivity index (χ3v) is 3.06. The van der Waals surface area contributed by atoms with Gasteiger partial charge < -0.3 is 5.32 Å². The number of benzene rings is 1. The Morgan fingerprint density at radius 3 is 2.45 bits per heavy atom. The molecule has 0 aliphatic rings. The molecule has 5 nitrogen and oxygen atoms in total. The minimum atomic E-state index is -0.880. The Balaban J connectivity index is 2.26. The lowest BCUT2D eigenvalue weighted by molar-refractivity contribution is -0.112. The molecular weight excluding hydrogens is 261 g/mol. The maximum absolute atomic E-state index is 13.4. The second kappa shape index (κ2) is 5.24. The summed E-state index contributed by atoms with van der Waals surface area (Å²) in [6, 6.07) is 5.68. The first-order chi connectivity index (χ1) is 9.41. The molecule has 2 rings (SSSR count). The molecule has 1 N–H and O–H groups in total. The van der Waals surface area contributed by atoms with Gasteiger partial charge in [-0.25, -0.2) is 4.39 Å². The number of anilines is 1. The molecule has 1 heterocycles. The van der Waals surface area contributed by atoms with E-state index in [-0.39, 0.29) is 11.3 Å². The molecule has 0 unspecified atom stereocenters. The predicted octanol–water partition coefficient (Wildman–Crippen LogP) is 2.00. The standard InChI is InChI=1S/C14H14FN3O2/c1-8-12(9(2)18(3)17-8)13(19)14(20)16-11-7-5-4-6-10(11)15/h4-7H,1-3H3,(H,16,20). The summed E-state index contributed by atoms with van der Waals surface area (Å²) in [5, 5.41) is 6.35. The van der Waals surface area contributed by atoms with Crippen molar-refractivity contribution in [2.45, 2.75) is 13.8 Å². The Morgan fingerprint density at radius 1 is 1.25 bits per heavy atom. The van der Waals surface area contributed by atoms with Gasteiger partial charge in [0.25, 0.3) is 11.7 Å².